The summed E-state index contributed by atoms with van der Waals surface area (Å²) in [7, 11) is 0. The molecule has 2 aromatic heterocycles. The first kappa shape index (κ1) is 21.7. The van der Waals surface area contributed by atoms with Crippen molar-refractivity contribution in [3.8, 4) is 11.3 Å². The molecule has 4 rings (SSSR count). The van der Waals surface area contributed by atoms with E-state index in [4.69, 9.17) is 4.42 Å². The summed E-state index contributed by atoms with van der Waals surface area (Å²) in [5.41, 5.74) is 1.56. The van der Waals surface area contributed by atoms with Crippen LogP contribution in [0.15, 0.2) is 82.5 Å². The van der Waals surface area contributed by atoms with E-state index in [-0.39, 0.29) is 36.0 Å². The molecule has 0 radical (unpaired) electrons. The van der Waals surface area contributed by atoms with Gasteiger partial charge < -0.3 is 9.73 Å². The van der Waals surface area contributed by atoms with Gasteiger partial charge in [0.1, 0.15) is 11.6 Å². The van der Waals surface area contributed by atoms with E-state index >= 15 is 0 Å². The number of hydrogen-bond donors (Lipinski definition) is 1. The first-order valence-corrected chi connectivity index (χ1v) is 10.9. The van der Waals surface area contributed by atoms with Crippen LogP contribution in [0.5, 0.6) is 0 Å². The summed E-state index contributed by atoms with van der Waals surface area (Å²) in [6, 6.07) is 15.1. The van der Waals surface area contributed by atoms with Crippen molar-refractivity contribution in [2.24, 2.45) is 0 Å². The van der Waals surface area contributed by atoms with Gasteiger partial charge in [0.2, 0.25) is 5.91 Å². The van der Waals surface area contributed by atoms with Crippen LogP contribution >= 0.6 is 11.8 Å². The van der Waals surface area contributed by atoms with Crippen LogP contribution in [-0.4, -0.2) is 15.9 Å². The lowest BCUT2D eigenvalue weighted by molar-refractivity contribution is -0.116. The number of aryl methyl sites for hydroxylation is 1. The third-order valence-corrected chi connectivity index (χ3v) is 5.68. The van der Waals surface area contributed by atoms with E-state index in [0.29, 0.717) is 5.69 Å². The van der Waals surface area contributed by atoms with Crippen LogP contribution in [0, 0.1) is 11.6 Å². The summed E-state index contributed by atoms with van der Waals surface area (Å²) in [4.78, 5) is 21.5. The van der Waals surface area contributed by atoms with Crippen LogP contribution in [0.3, 0.4) is 0 Å². The Hall–Kier alpha value is -3.52. The summed E-state index contributed by atoms with van der Waals surface area (Å²) < 4.78 is 33.2. The number of anilines is 1. The summed E-state index contributed by atoms with van der Waals surface area (Å²) in [6.07, 6.45) is 5.18. The highest BCUT2D eigenvalue weighted by Gasteiger charge is 2.16. The van der Waals surface area contributed by atoms with Crippen LogP contribution in [0.25, 0.3) is 11.3 Å². The molecule has 0 aliphatic rings. The summed E-state index contributed by atoms with van der Waals surface area (Å²) >= 11 is 1.68. The number of oxazole rings is 1. The fourth-order valence-electron chi connectivity index (χ4n) is 3.00. The number of nitrogens with zero attached hydrogens (tertiary/aromatic N) is 2. The van der Waals surface area contributed by atoms with E-state index in [1.807, 2.05) is 42.6 Å². The minimum atomic E-state index is -0.729. The molecule has 1 amide bonds. The molecule has 0 aliphatic heterocycles. The minimum absolute atomic E-state index is 0.00428. The van der Waals surface area contributed by atoms with Crippen molar-refractivity contribution in [3.63, 3.8) is 0 Å². The molecular weight excluding hydrogens is 432 g/mol. The molecular formula is C24H19F2N3O2S. The average Bonchev–Trinajstić information content (AvgIpc) is 3.26. The second-order valence-electron chi connectivity index (χ2n) is 6.94. The number of benzene rings is 2. The topological polar surface area (TPSA) is 68.0 Å². The summed E-state index contributed by atoms with van der Waals surface area (Å²) in [5.74, 6) is -0.623. The third kappa shape index (κ3) is 5.59. The molecule has 2 heterocycles. The number of thioether (sulfide) groups is 1. The molecule has 0 saturated carbocycles. The predicted molar refractivity (Wildman–Crippen MR) is 119 cm³/mol. The molecule has 32 heavy (non-hydrogen) atoms. The summed E-state index contributed by atoms with van der Waals surface area (Å²) in [5, 5.41) is 2.82. The molecule has 5 nitrogen and oxygen atoms in total. The Balaban J connectivity index is 1.28. The predicted octanol–water partition coefficient (Wildman–Crippen LogP) is 5.88. The maximum absolute atomic E-state index is 13.9. The standard InChI is InChI=1S/C24H19F2N3O2S/c25-19-4-1-5-20(26)24(19)21-14-28-23(31-21)11-10-22(30)29-17-6-8-18(9-7-17)32-15-16-3-2-12-27-13-16/h1-9,12-14H,10-11,15H2,(H,29,30). The molecule has 2 aromatic carbocycles. The van der Waals surface area contributed by atoms with E-state index in [0.717, 1.165) is 28.3 Å². The molecule has 0 atom stereocenters. The molecule has 0 fully saturated rings. The van der Waals surface area contributed by atoms with Crippen LogP contribution in [0.2, 0.25) is 0 Å². The molecule has 0 spiro atoms. The van der Waals surface area contributed by atoms with Crippen molar-refractivity contribution in [1.82, 2.24) is 9.97 Å². The van der Waals surface area contributed by atoms with E-state index in [1.54, 1.807) is 18.0 Å². The number of halogens is 2. The Labute approximate surface area is 187 Å². The number of hydrogen-bond acceptors (Lipinski definition) is 5. The number of amides is 1. The fraction of sp³-hybridized carbons (Fsp3) is 0.125. The zero-order valence-electron chi connectivity index (χ0n) is 16.9. The molecule has 1 N–H and O–H groups in total. The molecule has 0 unspecified atom stereocenters. The summed E-state index contributed by atoms with van der Waals surface area (Å²) in [6.45, 7) is 0. The van der Waals surface area contributed by atoms with E-state index in [1.165, 1.54) is 12.3 Å². The second-order valence-corrected chi connectivity index (χ2v) is 7.99. The van der Waals surface area contributed by atoms with Crippen molar-refractivity contribution < 1.29 is 18.0 Å². The fourth-order valence-corrected chi connectivity index (χ4v) is 3.84. The van der Waals surface area contributed by atoms with E-state index in [2.05, 4.69) is 15.3 Å². The number of carbonyl (C=O) groups is 1. The van der Waals surface area contributed by atoms with E-state index in [9.17, 15) is 13.6 Å². The van der Waals surface area contributed by atoms with Crippen molar-refractivity contribution in [2.75, 3.05) is 5.32 Å². The van der Waals surface area contributed by atoms with Gasteiger partial charge >= 0.3 is 0 Å². The Bertz CT molecular complexity index is 1180. The lowest BCUT2D eigenvalue weighted by atomic mass is 10.1. The minimum Gasteiger partial charge on any atom is -0.441 e. The van der Waals surface area contributed by atoms with Gasteiger partial charge in [-0.25, -0.2) is 13.8 Å². The van der Waals surface area contributed by atoms with Gasteiger partial charge in [-0.2, -0.15) is 0 Å². The van der Waals surface area contributed by atoms with Crippen molar-refractivity contribution in [1.29, 1.82) is 0 Å². The molecule has 162 valence electrons. The average molecular weight is 451 g/mol. The van der Waals surface area contributed by atoms with Crippen molar-refractivity contribution in [3.05, 3.63) is 96.3 Å². The largest absolute Gasteiger partial charge is 0.441 e. The first-order chi connectivity index (χ1) is 15.6. The number of carbonyl (C=O) groups excluding carboxylic acids is 1. The second kappa shape index (κ2) is 10.2. The monoisotopic (exact) mass is 451 g/mol. The highest BCUT2D eigenvalue weighted by atomic mass is 32.2. The highest BCUT2D eigenvalue weighted by Crippen LogP contribution is 2.27. The van der Waals surface area contributed by atoms with Gasteiger partial charge in [-0.15, -0.1) is 11.8 Å². The zero-order valence-corrected chi connectivity index (χ0v) is 17.7. The highest BCUT2D eigenvalue weighted by molar-refractivity contribution is 7.98. The molecule has 0 saturated heterocycles. The zero-order chi connectivity index (χ0) is 22.3. The van der Waals surface area contributed by atoms with Crippen LogP contribution in [-0.2, 0) is 17.0 Å². The van der Waals surface area contributed by atoms with Gasteiger partial charge in [0.25, 0.3) is 0 Å². The number of pyridine rings is 1. The molecule has 8 heteroatoms. The molecule has 4 aromatic rings. The molecule has 0 bridgehead atoms. The van der Waals surface area contributed by atoms with Gasteiger partial charge in [0, 0.05) is 41.6 Å². The van der Waals surface area contributed by atoms with Crippen LogP contribution < -0.4 is 5.32 Å². The van der Waals surface area contributed by atoms with Gasteiger partial charge in [-0.3, -0.25) is 9.78 Å². The van der Waals surface area contributed by atoms with Gasteiger partial charge in [0.15, 0.2) is 11.7 Å². The Morgan fingerprint density at radius 3 is 2.50 bits per heavy atom. The maximum atomic E-state index is 13.9. The van der Waals surface area contributed by atoms with Crippen LogP contribution in [0.4, 0.5) is 14.5 Å². The lowest BCUT2D eigenvalue weighted by Gasteiger charge is -2.06. The third-order valence-electron chi connectivity index (χ3n) is 4.60. The van der Waals surface area contributed by atoms with Crippen molar-refractivity contribution >= 4 is 23.4 Å². The van der Waals surface area contributed by atoms with Crippen molar-refractivity contribution in [2.45, 2.75) is 23.5 Å². The number of aromatic nitrogens is 2. The van der Waals surface area contributed by atoms with Gasteiger partial charge in [0.05, 0.1) is 11.8 Å². The first-order valence-electron chi connectivity index (χ1n) is 9.89. The van der Waals surface area contributed by atoms with Gasteiger partial charge in [-0.1, -0.05) is 12.1 Å². The number of nitrogens with one attached hydrogen (secondary N) is 1. The quantitative estimate of drug-likeness (QED) is 0.339. The maximum Gasteiger partial charge on any atom is 0.224 e. The number of rotatable bonds is 8. The Kier molecular flexibility index (Phi) is 6.91. The SMILES string of the molecule is O=C(CCc1ncc(-c2c(F)cccc2F)o1)Nc1ccc(SCc2cccnc2)cc1. The Morgan fingerprint density at radius 1 is 1.00 bits per heavy atom. The van der Waals surface area contributed by atoms with Crippen LogP contribution in [0.1, 0.15) is 17.9 Å². The molecule has 0 aliphatic carbocycles. The van der Waals surface area contributed by atoms with E-state index < -0.39 is 11.6 Å². The smallest absolute Gasteiger partial charge is 0.224 e. The van der Waals surface area contributed by atoms with Gasteiger partial charge in [-0.05, 0) is 48.0 Å². The Morgan fingerprint density at radius 2 is 1.78 bits per heavy atom. The lowest BCUT2D eigenvalue weighted by Crippen LogP contribution is -2.12. The normalized spacial score (nSPS) is 10.8.